The molecule has 0 saturated heterocycles. The summed E-state index contributed by atoms with van der Waals surface area (Å²) in [6.45, 7) is 10.3. The standard InChI is InChI=1S/C18H31ClN2/c1-5-15(6-2)14-21(7-3)13-12-18(20-4)16-10-8-9-11-17(16)19/h8-11,15,18,20H,5-7,12-14H2,1-4H3. The first-order valence-electron chi connectivity index (χ1n) is 8.30. The van der Waals surface area contributed by atoms with Crippen LogP contribution in [0, 0.1) is 5.92 Å². The first-order chi connectivity index (χ1) is 10.2. The van der Waals surface area contributed by atoms with Gasteiger partial charge in [-0.25, -0.2) is 0 Å². The summed E-state index contributed by atoms with van der Waals surface area (Å²) < 4.78 is 0. The minimum Gasteiger partial charge on any atom is -0.313 e. The van der Waals surface area contributed by atoms with Crippen LogP contribution >= 0.6 is 11.6 Å². The van der Waals surface area contributed by atoms with Gasteiger partial charge in [0.1, 0.15) is 0 Å². The van der Waals surface area contributed by atoms with Crippen LogP contribution in [0.15, 0.2) is 24.3 Å². The summed E-state index contributed by atoms with van der Waals surface area (Å²) in [5, 5.41) is 4.27. The highest BCUT2D eigenvalue weighted by molar-refractivity contribution is 6.31. The van der Waals surface area contributed by atoms with Crippen molar-refractivity contribution < 1.29 is 0 Å². The summed E-state index contributed by atoms with van der Waals surface area (Å²) in [6, 6.07) is 8.48. The van der Waals surface area contributed by atoms with Crippen molar-refractivity contribution in [3.05, 3.63) is 34.9 Å². The second-order valence-electron chi connectivity index (χ2n) is 5.73. The van der Waals surface area contributed by atoms with Crippen LogP contribution in [0.3, 0.4) is 0 Å². The largest absolute Gasteiger partial charge is 0.313 e. The van der Waals surface area contributed by atoms with Crippen LogP contribution < -0.4 is 5.32 Å². The molecule has 1 atom stereocenters. The summed E-state index contributed by atoms with van der Waals surface area (Å²) in [5.74, 6) is 0.818. The van der Waals surface area contributed by atoms with Gasteiger partial charge in [-0.2, -0.15) is 0 Å². The monoisotopic (exact) mass is 310 g/mol. The SMILES string of the molecule is CCC(CC)CN(CC)CCC(NC)c1ccccc1Cl. The number of nitrogens with zero attached hydrogens (tertiary/aromatic N) is 1. The van der Waals surface area contributed by atoms with Crippen molar-refractivity contribution in [1.29, 1.82) is 0 Å². The molecule has 0 aromatic heterocycles. The van der Waals surface area contributed by atoms with Crippen molar-refractivity contribution in [1.82, 2.24) is 10.2 Å². The molecule has 0 fully saturated rings. The third kappa shape index (κ3) is 5.98. The third-order valence-electron chi connectivity index (χ3n) is 4.48. The minimum absolute atomic E-state index is 0.328. The highest BCUT2D eigenvalue weighted by Crippen LogP contribution is 2.25. The molecule has 0 saturated carbocycles. The first-order valence-corrected chi connectivity index (χ1v) is 8.67. The molecule has 21 heavy (non-hydrogen) atoms. The molecule has 1 aromatic rings. The molecule has 0 heterocycles. The maximum Gasteiger partial charge on any atom is 0.0453 e. The average Bonchev–Trinajstić information content (AvgIpc) is 2.52. The molecule has 0 aliphatic heterocycles. The van der Waals surface area contributed by atoms with Gasteiger partial charge in [-0.1, -0.05) is 63.4 Å². The lowest BCUT2D eigenvalue weighted by Crippen LogP contribution is -2.32. The number of rotatable bonds is 10. The van der Waals surface area contributed by atoms with E-state index in [9.17, 15) is 0 Å². The molecular weight excluding hydrogens is 280 g/mol. The fraction of sp³-hybridized carbons (Fsp3) is 0.667. The Bertz CT molecular complexity index is 391. The lowest BCUT2D eigenvalue weighted by molar-refractivity contribution is 0.223. The fourth-order valence-corrected chi connectivity index (χ4v) is 3.08. The van der Waals surface area contributed by atoms with E-state index in [-0.39, 0.29) is 0 Å². The zero-order chi connectivity index (χ0) is 15.7. The summed E-state index contributed by atoms with van der Waals surface area (Å²) in [7, 11) is 2.02. The van der Waals surface area contributed by atoms with E-state index in [0.29, 0.717) is 6.04 Å². The number of hydrogen-bond donors (Lipinski definition) is 1. The lowest BCUT2D eigenvalue weighted by Gasteiger charge is -2.27. The predicted molar refractivity (Wildman–Crippen MR) is 94.1 cm³/mol. The van der Waals surface area contributed by atoms with Gasteiger partial charge in [-0.3, -0.25) is 0 Å². The van der Waals surface area contributed by atoms with E-state index in [4.69, 9.17) is 11.6 Å². The van der Waals surface area contributed by atoms with Crippen LogP contribution in [0.5, 0.6) is 0 Å². The van der Waals surface area contributed by atoms with Crippen LogP contribution in [-0.4, -0.2) is 31.6 Å². The fourth-order valence-electron chi connectivity index (χ4n) is 2.82. The Morgan fingerprint density at radius 3 is 2.33 bits per heavy atom. The van der Waals surface area contributed by atoms with Gasteiger partial charge in [-0.05, 0) is 44.1 Å². The zero-order valence-electron chi connectivity index (χ0n) is 14.0. The highest BCUT2D eigenvalue weighted by Gasteiger charge is 2.15. The molecule has 0 amide bonds. The Morgan fingerprint density at radius 2 is 1.81 bits per heavy atom. The quantitative estimate of drug-likeness (QED) is 0.671. The molecular formula is C18H31ClN2. The molecule has 1 unspecified atom stereocenters. The molecule has 1 aromatic carbocycles. The van der Waals surface area contributed by atoms with Gasteiger partial charge in [0.15, 0.2) is 0 Å². The normalized spacial score (nSPS) is 13.1. The van der Waals surface area contributed by atoms with E-state index in [0.717, 1.165) is 30.5 Å². The maximum atomic E-state index is 6.32. The van der Waals surface area contributed by atoms with Crippen molar-refractivity contribution >= 4 is 11.6 Å². The highest BCUT2D eigenvalue weighted by atomic mass is 35.5. The number of hydrogen-bond acceptors (Lipinski definition) is 2. The molecule has 0 radical (unpaired) electrons. The average molecular weight is 311 g/mol. The van der Waals surface area contributed by atoms with Gasteiger partial charge in [0.05, 0.1) is 0 Å². The summed E-state index contributed by atoms with van der Waals surface area (Å²) in [5.41, 5.74) is 1.21. The molecule has 1 N–H and O–H groups in total. The van der Waals surface area contributed by atoms with Crippen LogP contribution in [0.4, 0.5) is 0 Å². The lowest BCUT2D eigenvalue weighted by atomic mass is 10.0. The van der Waals surface area contributed by atoms with E-state index >= 15 is 0 Å². The summed E-state index contributed by atoms with van der Waals surface area (Å²) in [4.78, 5) is 2.57. The van der Waals surface area contributed by atoms with Crippen molar-refractivity contribution in [2.24, 2.45) is 5.92 Å². The van der Waals surface area contributed by atoms with Crippen LogP contribution in [-0.2, 0) is 0 Å². The molecule has 0 aliphatic carbocycles. The number of halogens is 1. The Balaban J connectivity index is 2.59. The van der Waals surface area contributed by atoms with Gasteiger partial charge >= 0.3 is 0 Å². The van der Waals surface area contributed by atoms with Gasteiger partial charge in [0, 0.05) is 17.6 Å². The topological polar surface area (TPSA) is 15.3 Å². The number of benzene rings is 1. The molecule has 120 valence electrons. The molecule has 0 aliphatic rings. The van der Waals surface area contributed by atoms with E-state index in [1.165, 1.54) is 24.9 Å². The van der Waals surface area contributed by atoms with Gasteiger partial charge in [0.2, 0.25) is 0 Å². The van der Waals surface area contributed by atoms with E-state index in [1.807, 2.05) is 19.2 Å². The smallest absolute Gasteiger partial charge is 0.0453 e. The van der Waals surface area contributed by atoms with Crippen LogP contribution in [0.1, 0.15) is 51.6 Å². The van der Waals surface area contributed by atoms with Crippen LogP contribution in [0.2, 0.25) is 5.02 Å². The van der Waals surface area contributed by atoms with E-state index in [2.05, 4.69) is 43.1 Å². The van der Waals surface area contributed by atoms with Gasteiger partial charge in [0.25, 0.3) is 0 Å². The zero-order valence-corrected chi connectivity index (χ0v) is 14.8. The van der Waals surface area contributed by atoms with Crippen molar-refractivity contribution in [3.63, 3.8) is 0 Å². The molecule has 0 bridgehead atoms. The second kappa shape index (κ2) is 10.2. The molecule has 0 spiro atoms. The second-order valence-corrected chi connectivity index (χ2v) is 6.13. The third-order valence-corrected chi connectivity index (χ3v) is 4.83. The molecule has 3 heteroatoms. The van der Waals surface area contributed by atoms with Crippen molar-refractivity contribution in [3.8, 4) is 0 Å². The summed E-state index contributed by atoms with van der Waals surface area (Å²) >= 11 is 6.32. The van der Waals surface area contributed by atoms with E-state index in [1.54, 1.807) is 0 Å². The Hall–Kier alpha value is -0.570. The van der Waals surface area contributed by atoms with Crippen molar-refractivity contribution in [2.75, 3.05) is 26.7 Å². The first kappa shape index (κ1) is 18.5. The Morgan fingerprint density at radius 1 is 1.14 bits per heavy atom. The van der Waals surface area contributed by atoms with Crippen LogP contribution in [0.25, 0.3) is 0 Å². The maximum absolute atomic E-state index is 6.32. The Labute approximate surface area is 135 Å². The number of nitrogens with one attached hydrogen (secondary N) is 1. The minimum atomic E-state index is 0.328. The Kier molecular flexibility index (Phi) is 8.98. The summed E-state index contributed by atoms with van der Waals surface area (Å²) in [6.07, 6.45) is 3.63. The molecule has 1 rings (SSSR count). The molecule has 2 nitrogen and oxygen atoms in total. The predicted octanol–water partition coefficient (Wildman–Crippen LogP) is 4.75. The van der Waals surface area contributed by atoms with Gasteiger partial charge < -0.3 is 10.2 Å². The van der Waals surface area contributed by atoms with Crippen molar-refractivity contribution in [2.45, 2.75) is 46.1 Å². The van der Waals surface area contributed by atoms with Gasteiger partial charge in [-0.15, -0.1) is 0 Å². The van der Waals surface area contributed by atoms with E-state index < -0.39 is 0 Å².